The second kappa shape index (κ2) is 11.9. The number of carboxylic acid groups (broad SMARTS) is 1. The highest BCUT2D eigenvalue weighted by atomic mass is 79.9. The standard InChI is InChI=1S/C22H31BrO4S/c1-15-20(23)14-18(28-15)12-11-17(24)10-8-16-9-13-21(25)19(16)6-4-2-3-5-7-22(26)27/h2,4,14,16,19,21,25H,3,5-13H2,1H3,(H,26,27)/t16-,19+,21?/m0/s1. The second-order valence-corrected chi connectivity index (χ2v) is 9.95. The van der Waals surface area contributed by atoms with Gasteiger partial charge in [0.1, 0.15) is 5.78 Å². The maximum absolute atomic E-state index is 12.3. The SMILES string of the molecule is Cc1sc(CCC(=O)CC[C@H]2CCC(O)[C@@H]2CC=CCCCC(=O)O)cc1Br. The molecule has 6 heteroatoms. The number of thiophene rings is 1. The molecule has 1 fully saturated rings. The van der Waals surface area contributed by atoms with Gasteiger partial charge in [-0.2, -0.15) is 0 Å². The van der Waals surface area contributed by atoms with Crippen LogP contribution >= 0.6 is 27.3 Å². The highest BCUT2D eigenvalue weighted by Crippen LogP contribution is 2.38. The summed E-state index contributed by atoms with van der Waals surface area (Å²) >= 11 is 5.27. The molecule has 1 heterocycles. The number of ketones is 1. The van der Waals surface area contributed by atoms with E-state index in [9.17, 15) is 14.7 Å². The van der Waals surface area contributed by atoms with Crippen LogP contribution in [0.2, 0.25) is 0 Å². The first kappa shape index (κ1) is 23.3. The molecule has 4 nitrogen and oxygen atoms in total. The quantitative estimate of drug-likeness (QED) is 0.303. The molecule has 156 valence electrons. The zero-order valence-corrected chi connectivity index (χ0v) is 18.9. The van der Waals surface area contributed by atoms with Gasteiger partial charge in [-0.25, -0.2) is 0 Å². The van der Waals surface area contributed by atoms with E-state index < -0.39 is 5.97 Å². The van der Waals surface area contributed by atoms with Crippen molar-refractivity contribution in [1.82, 2.24) is 0 Å². The van der Waals surface area contributed by atoms with Gasteiger partial charge >= 0.3 is 5.97 Å². The summed E-state index contributed by atoms with van der Waals surface area (Å²) in [4.78, 5) is 25.3. The molecule has 1 aliphatic rings. The molecular formula is C22H31BrO4S. The Bertz CT molecular complexity index is 663. The van der Waals surface area contributed by atoms with Gasteiger partial charge in [0.2, 0.25) is 0 Å². The highest BCUT2D eigenvalue weighted by Gasteiger charge is 2.33. The van der Waals surface area contributed by atoms with Crippen LogP contribution in [0.3, 0.4) is 0 Å². The number of carboxylic acids is 1. The maximum atomic E-state index is 12.3. The van der Waals surface area contributed by atoms with E-state index >= 15 is 0 Å². The fourth-order valence-corrected chi connectivity index (χ4v) is 5.55. The van der Waals surface area contributed by atoms with Crippen molar-refractivity contribution < 1.29 is 19.8 Å². The van der Waals surface area contributed by atoms with Crippen LogP contribution in [-0.2, 0) is 16.0 Å². The van der Waals surface area contributed by atoms with Crippen molar-refractivity contribution in [1.29, 1.82) is 0 Å². The first-order valence-corrected chi connectivity index (χ1v) is 11.8. The van der Waals surface area contributed by atoms with E-state index in [0.717, 1.165) is 43.0 Å². The molecule has 1 aliphatic carbocycles. The number of halogens is 1. The average molecular weight is 471 g/mol. The molecule has 1 unspecified atom stereocenters. The van der Waals surface area contributed by atoms with E-state index in [1.54, 1.807) is 11.3 Å². The Labute approximate surface area is 180 Å². The molecule has 0 bridgehead atoms. The lowest BCUT2D eigenvalue weighted by Gasteiger charge is -2.20. The van der Waals surface area contributed by atoms with E-state index in [1.807, 2.05) is 6.08 Å². The topological polar surface area (TPSA) is 74.6 Å². The van der Waals surface area contributed by atoms with Crippen LogP contribution in [0, 0.1) is 18.8 Å². The first-order chi connectivity index (χ1) is 13.4. The third-order valence-corrected chi connectivity index (χ3v) is 7.82. The van der Waals surface area contributed by atoms with Crippen molar-refractivity contribution in [3.8, 4) is 0 Å². The Morgan fingerprint density at radius 2 is 2.04 bits per heavy atom. The number of hydrogen-bond acceptors (Lipinski definition) is 4. The minimum atomic E-state index is -0.758. The van der Waals surface area contributed by atoms with Gasteiger partial charge in [-0.15, -0.1) is 11.3 Å². The summed E-state index contributed by atoms with van der Waals surface area (Å²) in [5.41, 5.74) is 0. The summed E-state index contributed by atoms with van der Waals surface area (Å²) in [6, 6.07) is 2.11. The number of Topliss-reactive ketones (excluding diaryl/α,β-unsaturated/α-hetero) is 1. The Kier molecular flexibility index (Phi) is 9.89. The number of unbranched alkanes of at least 4 members (excludes halogenated alkanes) is 1. The van der Waals surface area contributed by atoms with Crippen LogP contribution in [0.25, 0.3) is 0 Å². The summed E-state index contributed by atoms with van der Waals surface area (Å²) < 4.78 is 1.12. The number of aliphatic carboxylic acids is 1. The minimum absolute atomic E-state index is 0.198. The van der Waals surface area contributed by atoms with Crippen molar-refractivity contribution in [3.05, 3.63) is 32.4 Å². The van der Waals surface area contributed by atoms with Crippen molar-refractivity contribution >= 4 is 39.0 Å². The number of aryl methyl sites for hydroxylation is 2. The van der Waals surface area contributed by atoms with Crippen molar-refractivity contribution in [2.75, 3.05) is 0 Å². The summed E-state index contributed by atoms with van der Waals surface area (Å²) in [6.07, 6.45) is 10.9. The Morgan fingerprint density at radius 3 is 2.71 bits per heavy atom. The van der Waals surface area contributed by atoms with E-state index in [0.29, 0.717) is 31.0 Å². The second-order valence-electron chi connectivity index (χ2n) is 7.76. The van der Waals surface area contributed by atoms with E-state index in [4.69, 9.17) is 5.11 Å². The van der Waals surface area contributed by atoms with Crippen LogP contribution in [-0.4, -0.2) is 28.1 Å². The predicted molar refractivity (Wildman–Crippen MR) is 117 cm³/mol. The van der Waals surface area contributed by atoms with Gasteiger partial charge in [0.15, 0.2) is 0 Å². The Balaban J connectivity index is 1.70. The third-order valence-electron chi connectivity index (χ3n) is 5.62. The number of allylic oxidation sites excluding steroid dienone is 2. The smallest absolute Gasteiger partial charge is 0.303 e. The average Bonchev–Trinajstić information content (AvgIpc) is 3.16. The van der Waals surface area contributed by atoms with Gasteiger partial charge in [-0.1, -0.05) is 12.2 Å². The minimum Gasteiger partial charge on any atom is -0.481 e. The highest BCUT2D eigenvalue weighted by molar-refractivity contribution is 9.10. The van der Waals surface area contributed by atoms with Gasteiger partial charge in [0.25, 0.3) is 0 Å². The normalized spacial score (nSPS) is 22.2. The van der Waals surface area contributed by atoms with E-state index in [1.165, 1.54) is 9.75 Å². The lowest BCUT2D eigenvalue weighted by molar-refractivity contribution is -0.137. The molecule has 0 saturated heterocycles. The summed E-state index contributed by atoms with van der Waals surface area (Å²) in [5, 5.41) is 18.9. The van der Waals surface area contributed by atoms with Crippen LogP contribution in [0.1, 0.15) is 67.5 Å². The van der Waals surface area contributed by atoms with Gasteiger partial charge in [-0.3, -0.25) is 9.59 Å². The van der Waals surface area contributed by atoms with Gasteiger partial charge in [0, 0.05) is 33.5 Å². The van der Waals surface area contributed by atoms with Crippen LogP contribution < -0.4 is 0 Å². The van der Waals surface area contributed by atoms with Gasteiger partial charge in [0.05, 0.1) is 6.10 Å². The molecule has 2 N–H and O–H groups in total. The largest absolute Gasteiger partial charge is 0.481 e. The number of aliphatic hydroxyl groups excluding tert-OH is 1. The molecule has 0 aliphatic heterocycles. The number of rotatable bonds is 12. The van der Waals surface area contributed by atoms with Crippen LogP contribution in [0.5, 0.6) is 0 Å². The van der Waals surface area contributed by atoms with Crippen molar-refractivity contribution in [3.63, 3.8) is 0 Å². The Hall–Kier alpha value is -0.980. The molecule has 0 radical (unpaired) electrons. The molecule has 1 saturated carbocycles. The van der Waals surface area contributed by atoms with Crippen LogP contribution in [0.15, 0.2) is 22.7 Å². The summed E-state index contributed by atoms with van der Waals surface area (Å²) in [6.45, 7) is 2.08. The van der Waals surface area contributed by atoms with Crippen molar-refractivity contribution in [2.24, 2.45) is 11.8 Å². The van der Waals surface area contributed by atoms with Crippen LogP contribution in [0.4, 0.5) is 0 Å². The molecule has 2 rings (SSSR count). The molecule has 3 atom stereocenters. The van der Waals surface area contributed by atoms with E-state index in [-0.39, 0.29) is 18.4 Å². The maximum Gasteiger partial charge on any atom is 0.303 e. The number of hydrogen-bond donors (Lipinski definition) is 2. The number of carbonyl (C=O) groups excluding carboxylic acids is 1. The monoisotopic (exact) mass is 470 g/mol. The first-order valence-electron chi connectivity index (χ1n) is 10.2. The Morgan fingerprint density at radius 1 is 1.25 bits per heavy atom. The molecule has 1 aromatic heterocycles. The summed E-state index contributed by atoms with van der Waals surface area (Å²) in [7, 11) is 0. The summed E-state index contributed by atoms with van der Waals surface area (Å²) in [5.74, 6) is 0.179. The number of aliphatic hydroxyl groups is 1. The molecular weight excluding hydrogens is 440 g/mol. The lowest BCUT2D eigenvalue weighted by atomic mass is 9.87. The molecule has 1 aromatic rings. The van der Waals surface area contributed by atoms with E-state index in [2.05, 4.69) is 35.0 Å². The fraction of sp³-hybridized carbons (Fsp3) is 0.636. The third kappa shape index (κ3) is 7.80. The molecule has 0 spiro atoms. The van der Waals surface area contributed by atoms with Crippen molar-refractivity contribution in [2.45, 2.75) is 77.2 Å². The molecule has 28 heavy (non-hydrogen) atoms. The van der Waals surface area contributed by atoms with Gasteiger partial charge < -0.3 is 10.2 Å². The molecule has 0 amide bonds. The lowest BCUT2D eigenvalue weighted by Crippen LogP contribution is -2.19. The zero-order valence-electron chi connectivity index (χ0n) is 16.5. The number of carbonyl (C=O) groups is 2. The zero-order chi connectivity index (χ0) is 20.5. The van der Waals surface area contributed by atoms with Gasteiger partial charge in [-0.05, 0) is 85.7 Å². The molecule has 0 aromatic carbocycles. The predicted octanol–water partition coefficient (Wildman–Crippen LogP) is 5.69. The fourth-order valence-electron chi connectivity index (χ4n) is 3.95.